The lowest BCUT2D eigenvalue weighted by Gasteiger charge is -2.20. The van der Waals surface area contributed by atoms with Gasteiger partial charge < -0.3 is 0 Å². The van der Waals surface area contributed by atoms with Crippen molar-refractivity contribution in [1.82, 2.24) is 0 Å². The maximum absolute atomic E-state index is 6.50. The van der Waals surface area contributed by atoms with Gasteiger partial charge in [0.2, 0.25) is 0 Å². The molecule has 0 aromatic heterocycles. The third kappa shape index (κ3) is 5.18. The fourth-order valence-corrected chi connectivity index (χ4v) is 1.97. The first-order valence-corrected chi connectivity index (χ1v) is 5.19. The molecule has 0 amide bonds. The van der Waals surface area contributed by atoms with Crippen LogP contribution in [0.2, 0.25) is 0 Å². The lowest BCUT2D eigenvalue weighted by molar-refractivity contribution is 0.331. The Kier molecular flexibility index (Phi) is 8.22. The van der Waals surface area contributed by atoms with E-state index in [1.807, 2.05) is 0 Å². The van der Waals surface area contributed by atoms with Gasteiger partial charge in [-0.15, -0.1) is 0 Å². The highest BCUT2D eigenvalue weighted by atomic mass is 14.2. The highest BCUT2D eigenvalue weighted by Gasteiger charge is 2.11. The van der Waals surface area contributed by atoms with E-state index in [-0.39, 0.29) is 0 Å². The van der Waals surface area contributed by atoms with E-state index in [1.165, 1.54) is 51.4 Å². The molecule has 1 fully saturated rings. The molecule has 1 aliphatic rings. The van der Waals surface area contributed by atoms with Gasteiger partial charge in [-0.3, -0.25) is 0 Å². The lowest BCUT2D eigenvalue weighted by atomic mass is 9.86. The van der Waals surface area contributed by atoms with Crippen molar-refractivity contribution in [3.05, 3.63) is 0 Å². The summed E-state index contributed by atoms with van der Waals surface area (Å²) < 4.78 is 0. The first kappa shape index (κ1) is 11.5. The molecule has 70 valence electrons. The molecule has 1 nitrogen and oxygen atoms in total. The Hall–Kier alpha value is -0.510. The van der Waals surface area contributed by atoms with E-state index < -0.39 is 0 Å². The van der Waals surface area contributed by atoms with Crippen LogP contribution in [0.4, 0.5) is 0 Å². The van der Waals surface area contributed by atoms with Crippen LogP contribution < -0.4 is 0 Å². The average molecular weight is 167 g/mol. The van der Waals surface area contributed by atoms with Gasteiger partial charge in [-0.1, -0.05) is 58.3 Å². The van der Waals surface area contributed by atoms with E-state index >= 15 is 0 Å². The summed E-state index contributed by atoms with van der Waals surface area (Å²) >= 11 is 0. The molecule has 1 heteroatoms. The van der Waals surface area contributed by atoms with Crippen LogP contribution in [0.15, 0.2) is 0 Å². The van der Waals surface area contributed by atoms with Crippen LogP contribution in [0.25, 0.3) is 0 Å². The van der Waals surface area contributed by atoms with Gasteiger partial charge >= 0.3 is 0 Å². The van der Waals surface area contributed by atoms with Gasteiger partial charge in [-0.05, 0) is 5.92 Å². The molecule has 1 rings (SSSR count). The molecule has 0 spiro atoms. The van der Waals surface area contributed by atoms with Crippen LogP contribution in [0, 0.1) is 17.8 Å². The molecule has 1 aliphatic carbocycles. The summed E-state index contributed by atoms with van der Waals surface area (Å²) in [5.74, 6) is 1.11. The van der Waals surface area contributed by atoms with Gasteiger partial charge in [0.1, 0.15) is 0 Å². The smallest absolute Gasteiger partial charge is 0.0462 e. The zero-order valence-corrected chi connectivity index (χ0v) is 8.26. The minimum Gasteiger partial charge on any atom is -0.202 e. The number of rotatable bonds is 3. The van der Waals surface area contributed by atoms with Crippen molar-refractivity contribution in [3.63, 3.8) is 0 Å². The summed E-state index contributed by atoms with van der Waals surface area (Å²) in [6.45, 7) is 5.79. The minimum atomic E-state index is 1.11. The van der Waals surface area contributed by atoms with Gasteiger partial charge in [0, 0.05) is 6.57 Å². The second-order valence-electron chi connectivity index (χ2n) is 3.65. The molecule has 0 saturated heterocycles. The molecule has 1 saturated carbocycles. The van der Waals surface area contributed by atoms with Crippen LogP contribution in [0.3, 0.4) is 0 Å². The topological polar surface area (TPSA) is 23.8 Å². The molecule has 0 heterocycles. The van der Waals surface area contributed by atoms with Crippen LogP contribution in [0.5, 0.6) is 0 Å². The summed E-state index contributed by atoms with van der Waals surface area (Å²) in [7, 11) is 0. The Bertz CT molecular complexity index is 101. The van der Waals surface area contributed by atoms with Gasteiger partial charge in [0.05, 0.1) is 0 Å². The molecule has 0 radical (unpaired) electrons. The number of nitriles is 1. The maximum atomic E-state index is 6.50. The zero-order valence-electron chi connectivity index (χ0n) is 8.26. The Morgan fingerprint density at radius 2 is 1.75 bits per heavy atom. The Morgan fingerprint density at radius 1 is 1.17 bits per heavy atom. The maximum Gasteiger partial charge on any atom is 0.0462 e. The van der Waals surface area contributed by atoms with E-state index in [0.717, 1.165) is 5.92 Å². The Balaban J connectivity index is 0.000000561. The number of nitrogens with zero attached hydrogens (tertiary/aromatic N) is 1. The van der Waals surface area contributed by atoms with Gasteiger partial charge in [0.25, 0.3) is 0 Å². The quantitative estimate of drug-likeness (QED) is 0.625. The molecule has 0 unspecified atom stereocenters. The predicted octanol–water partition coefficient (Wildman–Crippen LogP) is 3.90. The number of hydrogen-bond donors (Lipinski definition) is 0. The van der Waals surface area contributed by atoms with E-state index in [4.69, 9.17) is 5.26 Å². The predicted molar refractivity (Wildman–Crippen MR) is 52.8 cm³/mol. The third-order valence-corrected chi connectivity index (χ3v) is 2.69. The molecular weight excluding hydrogens is 146 g/mol. The standard InChI is InChI=1S/C10H20.CHN/c1-2-3-7-10-8-5-4-6-9-10;1-2/h10H,2-9H2,1H3;1H. The summed E-state index contributed by atoms with van der Waals surface area (Å²) in [5.41, 5.74) is 0. The second kappa shape index (κ2) is 8.59. The molecule has 0 bridgehead atoms. The number of unbranched alkanes of at least 4 members (excludes halogenated alkanes) is 1. The van der Waals surface area contributed by atoms with E-state index in [9.17, 15) is 0 Å². The van der Waals surface area contributed by atoms with Crippen LogP contribution in [-0.2, 0) is 0 Å². The van der Waals surface area contributed by atoms with Crippen molar-refractivity contribution in [2.75, 3.05) is 0 Å². The lowest BCUT2D eigenvalue weighted by Crippen LogP contribution is -2.05. The van der Waals surface area contributed by atoms with E-state index in [0.29, 0.717) is 0 Å². The van der Waals surface area contributed by atoms with Crippen molar-refractivity contribution < 1.29 is 0 Å². The van der Waals surface area contributed by atoms with Crippen LogP contribution in [-0.4, -0.2) is 0 Å². The van der Waals surface area contributed by atoms with Crippen molar-refractivity contribution in [2.45, 2.75) is 58.3 Å². The first-order valence-electron chi connectivity index (χ1n) is 5.19. The highest BCUT2D eigenvalue weighted by Crippen LogP contribution is 2.27. The van der Waals surface area contributed by atoms with Gasteiger partial charge in [-0.25, -0.2) is 5.26 Å². The Labute approximate surface area is 76.8 Å². The third-order valence-electron chi connectivity index (χ3n) is 2.69. The summed E-state index contributed by atoms with van der Waals surface area (Å²) in [5, 5.41) is 6.50. The van der Waals surface area contributed by atoms with E-state index in [1.54, 1.807) is 0 Å². The van der Waals surface area contributed by atoms with Crippen molar-refractivity contribution >= 4 is 0 Å². The number of hydrogen-bond acceptors (Lipinski definition) is 1. The monoisotopic (exact) mass is 167 g/mol. The first-order chi connectivity index (χ1) is 5.93. The second-order valence-corrected chi connectivity index (χ2v) is 3.65. The van der Waals surface area contributed by atoms with Crippen molar-refractivity contribution in [1.29, 1.82) is 5.26 Å². The van der Waals surface area contributed by atoms with Crippen molar-refractivity contribution in [2.24, 2.45) is 5.92 Å². The Morgan fingerprint density at radius 3 is 2.25 bits per heavy atom. The molecule has 12 heavy (non-hydrogen) atoms. The SMILES string of the molecule is C#N.CCCCC1CCCCC1. The molecule has 0 atom stereocenters. The zero-order chi connectivity index (χ0) is 9.23. The van der Waals surface area contributed by atoms with Gasteiger partial charge in [0.15, 0.2) is 0 Å². The van der Waals surface area contributed by atoms with Crippen molar-refractivity contribution in [3.8, 4) is 6.57 Å². The summed E-state index contributed by atoms with van der Waals surface area (Å²) in [6.07, 6.45) is 11.9. The molecular formula is C11H21N. The fourth-order valence-electron chi connectivity index (χ4n) is 1.97. The summed E-state index contributed by atoms with van der Waals surface area (Å²) in [4.78, 5) is 0. The average Bonchev–Trinajstić information content (AvgIpc) is 2.19. The minimum absolute atomic E-state index is 1.11. The van der Waals surface area contributed by atoms with Gasteiger partial charge in [-0.2, -0.15) is 0 Å². The normalized spacial score (nSPS) is 17.9. The molecule has 0 aliphatic heterocycles. The van der Waals surface area contributed by atoms with Crippen LogP contribution in [0.1, 0.15) is 58.3 Å². The fraction of sp³-hybridized carbons (Fsp3) is 0.909. The molecule has 0 N–H and O–H groups in total. The summed E-state index contributed by atoms with van der Waals surface area (Å²) in [6, 6.07) is 0. The van der Waals surface area contributed by atoms with Crippen LogP contribution >= 0.6 is 0 Å². The highest BCUT2D eigenvalue weighted by molar-refractivity contribution is 4.65. The molecule has 0 aromatic carbocycles. The van der Waals surface area contributed by atoms with E-state index in [2.05, 4.69) is 13.5 Å². The largest absolute Gasteiger partial charge is 0.202 e. The molecule has 0 aromatic rings.